The third-order valence-corrected chi connectivity index (χ3v) is 2.64. The van der Waals surface area contributed by atoms with Gasteiger partial charge in [-0.2, -0.15) is 5.10 Å². The van der Waals surface area contributed by atoms with E-state index in [2.05, 4.69) is 15.2 Å². The number of nitrogens with two attached hydrogens (primary N) is 1. The topological polar surface area (TPSA) is 76.8 Å². The van der Waals surface area contributed by atoms with Crippen LogP contribution in [0.1, 0.15) is 30.9 Å². The Balaban J connectivity index is 1.86. The molecule has 1 aliphatic rings. The zero-order valence-electron chi connectivity index (χ0n) is 8.91. The highest BCUT2D eigenvalue weighted by molar-refractivity contribution is 4.93. The van der Waals surface area contributed by atoms with Crippen molar-refractivity contribution in [3.8, 4) is 0 Å². The van der Waals surface area contributed by atoms with Crippen LogP contribution in [0.25, 0.3) is 0 Å². The lowest BCUT2D eigenvalue weighted by Gasteiger charge is -2.21. The molecule has 0 aliphatic carbocycles. The molecule has 1 aromatic heterocycles. The summed E-state index contributed by atoms with van der Waals surface area (Å²) in [7, 11) is 0. The fourth-order valence-electron chi connectivity index (χ4n) is 1.85. The number of rotatable bonds is 4. The van der Waals surface area contributed by atoms with E-state index in [1.54, 1.807) is 0 Å². The monoisotopic (exact) mass is 210 g/mol. The number of nitrogens with one attached hydrogen (secondary N) is 1. The molecule has 84 valence electrons. The van der Waals surface area contributed by atoms with E-state index in [0.717, 1.165) is 37.5 Å². The highest BCUT2D eigenvalue weighted by Crippen LogP contribution is 2.15. The largest absolute Gasteiger partial charge is 0.378 e. The van der Waals surface area contributed by atoms with Gasteiger partial charge in [-0.15, -0.1) is 0 Å². The lowest BCUT2D eigenvalue weighted by Crippen LogP contribution is -2.21. The molecule has 3 N–H and O–H groups in total. The van der Waals surface area contributed by atoms with Gasteiger partial charge in [0.2, 0.25) is 0 Å². The second-order valence-electron chi connectivity index (χ2n) is 3.93. The maximum atomic E-state index is 5.64. The quantitative estimate of drug-likeness (QED) is 0.755. The van der Waals surface area contributed by atoms with Gasteiger partial charge in [0.15, 0.2) is 5.82 Å². The second kappa shape index (κ2) is 5.23. The predicted octanol–water partition coefficient (Wildman–Crippen LogP) is 0.417. The minimum atomic E-state index is 0.317. The van der Waals surface area contributed by atoms with Gasteiger partial charge in [0.05, 0.1) is 6.10 Å². The summed E-state index contributed by atoms with van der Waals surface area (Å²) in [5.74, 6) is 1.73. The van der Waals surface area contributed by atoms with Crippen LogP contribution in [0.15, 0.2) is 0 Å². The third-order valence-electron chi connectivity index (χ3n) is 2.64. The Labute approximate surface area is 89.4 Å². The van der Waals surface area contributed by atoms with Crippen LogP contribution in [-0.4, -0.2) is 34.4 Å². The molecule has 1 fully saturated rings. The maximum absolute atomic E-state index is 5.64. The van der Waals surface area contributed by atoms with Gasteiger partial charge in [-0.1, -0.05) is 0 Å². The van der Waals surface area contributed by atoms with E-state index in [4.69, 9.17) is 10.5 Å². The van der Waals surface area contributed by atoms with E-state index in [1.165, 1.54) is 12.8 Å². The summed E-state index contributed by atoms with van der Waals surface area (Å²) in [5, 5.41) is 7.04. The molecule has 0 amide bonds. The number of aromatic nitrogens is 3. The van der Waals surface area contributed by atoms with E-state index in [-0.39, 0.29) is 0 Å². The minimum absolute atomic E-state index is 0.317. The summed E-state index contributed by atoms with van der Waals surface area (Å²) >= 11 is 0. The highest BCUT2D eigenvalue weighted by Gasteiger charge is 2.16. The first-order valence-electron chi connectivity index (χ1n) is 5.60. The molecule has 5 heteroatoms. The number of hydrogen-bond donors (Lipinski definition) is 2. The fraction of sp³-hybridized carbons (Fsp3) is 0.800. The van der Waals surface area contributed by atoms with E-state index in [9.17, 15) is 0 Å². The zero-order valence-corrected chi connectivity index (χ0v) is 8.91. The predicted molar refractivity (Wildman–Crippen MR) is 56.4 cm³/mol. The van der Waals surface area contributed by atoms with Crippen LogP contribution in [0, 0.1) is 0 Å². The number of aromatic amines is 1. The highest BCUT2D eigenvalue weighted by atomic mass is 16.5. The summed E-state index contributed by atoms with van der Waals surface area (Å²) < 4.78 is 5.64. The first-order chi connectivity index (χ1) is 7.38. The van der Waals surface area contributed by atoms with Crippen LogP contribution in [0.3, 0.4) is 0 Å². The van der Waals surface area contributed by atoms with Gasteiger partial charge in [0, 0.05) is 19.4 Å². The zero-order chi connectivity index (χ0) is 10.5. The molecule has 0 aromatic carbocycles. The molecule has 1 saturated heterocycles. The number of nitrogens with zero attached hydrogens (tertiary/aromatic N) is 2. The number of hydrogen-bond acceptors (Lipinski definition) is 4. The molecular formula is C10H18N4O. The van der Waals surface area contributed by atoms with E-state index in [1.807, 2.05) is 0 Å². The fourth-order valence-corrected chi connectivity index (χ4v) is 1.85. The maximum Gasteiger partial charge on any atom is 0.151 e. The first kappa shape index (κ1) is 10.6. The van der Waals surface area contributed by atoms with Gasteiger partial charge in [-0.3, -0.25) is 5.10 Å². The van der Waals surface area contributed by atoms with Gasteiger partial charge in [0.25, 0.3) is 0 Å². The van der Waals surface area contributed by atoms with Crippen LogP contribution < -0.4 is 5.73 Å². The van der Waals surface area contributed by atoms with Crippen molar-refractivity contribution < 1.29 is 4.74 Å². The van der Waals surface area contributed by atoms with Crippen molar-refractivity contribution in [2.24, 2.45) is 5.73 Å². The Hall–Kier alpha value is -0.940. The summed E-state index contributed by atoms with van der Waals surface area (Å²) in [6.45, 7) is 1.48. The summed E-state index contributed by atoms with van der Waals surface area (Å²) in [6, 6.07) is 0. The van der Waals surface area contributed by atoms with Crippen LogP contribution >= 0.6 is 0 Å². The summed E-state index contributed by atoms with van der Waals surface area (Å²) in [5.41, 5.74) is 5.44. The Kier molecular flexibility index (Phi) is 3.69. The number of ether oxygens (including phenoxy) is 1. The Morgan fingerprint density at radius 1 is 1.47 bits per heavy atom. The van der Waals surface area contributed by atoms with Crippen molar-refractivity contribution in [3.05, 3.63) is 11.6 Å². The van der Waals surface area contributed by atoms with Crippen molar-refractivity contribution in [3.63, 3.8) is 0 Å². The summed E-state index contributed by atoms with van der Waals surface area (Å²) in [4.78, 5) is 4.37. The molecule has 1 aliphatic heterocycles. The van der Waals surface area contributed by atoms with Crippen molar-refractivity contribution in [2.75, 3.05) is 13.2 Å². The average molecular weight is 210 g/mol. The lowest BCUT2D eigenvalue weighted by molar-refractivity contribution is 0.0157. The first-order valence-corrected chi connectivity index (χ1v) is 5.60. The molecule has 1 unspecified atom stereocenters. The average Bonchev–Trinajstić information content (AvgIpc) is 2.68. The van der Waals surface area contributed by atoms with Crippen LogP contribution in [-0.2, 0) is 17.6 Å². The lowest BCUT2D eigenvalue weighted by atomic mass is 10.1. The molecule has 0 bridgehead atoms. The smallest absolute Gasteiger partial charge is 0.151 e. The Bertz CT molecular complexity index is 293. The minimum Gasteiger partial charge on any atom is -0.378 e. The molecule has 2 rings (SSSR count). The van der Waals surface area contributed by atoms with E-state index in [0.29, 0.717) is 12.6 Å². The SMILES string of the molecule is NCCc1n[nH]c(CC2CCCCO2)n1. The van der Waals surface area contributed by atoms with Crippen LogP contribution in [0.2, 0.25) is 0 Å². The number of H-pyrrole nitrogens is 1. The van der Waals surface area contributed by atoms with Crippen LogP contribution in [0.5, 0.6) is 0 Å². The van der Waals surface area contributed by atoms with Gasteiger partial charge < -0.3 is 10.5 Å². The Morgan fingerprint density at radius 3 is 3.13 bits per heavy atom. The molecule has 5 nitrogen and oxygen atoms in total. The summed E-state index contributed by atoms with van der Waals surface area (Å²) in [6.07, 6.45) is 5.48. The molecule has 1 atom stereocenters. The Morgan fingerprint density at radius 2 is 2.40 bits per heavy atom. The van der Waals surface area contributed by atoms with Crippen molar-refractivity contribution in [1.29, 1.82) is 0 Å². The standard InChI is InChI=1S/C10H18N4O/c11-5-4-9-12-10(14-13-9)7-8-3-1-2-6-15-8/h8H,1-7,11H2,(H,12,13,14). The molecule has 1 aromatic rings. The molecule has 0 saturated carbocycles. The third kappa shape index (κ3) is 3.00. The van der Waals surface area contributed by atoms with Gasteiger partial charge in [-0.05, 0) is 25.8 Å². The molecule has 2 heterocycles. The van der Waals surface area contributed by atoms with Crippen molar-refractivity contribution >= 4 is 0 Å². The van der Waals surface area contributed by atoms with Crippen molar-refractivity contribution in [2.45, 2.75) is 38.2 Å². The molecular weight excluding hydrogens is 192 g/mol. The normalized spacial score (nSPS) is 21.8. The molecule has 0 spiro atoms. The van der Waals surface area contributed by atoms with Gasteiger partial charge in [0.1, 0.15) is 5.82 Å². The van der Waals surface area contributed by atoms with Gasteiger partial charge in [-0.25, -0.2) is 4.98 Å². The second-order valence-corrected chi connectivity index (χ2v) is 3.93. The van der Waals surface area contributed by atoms with E-state index < -0.39 is 0 Å². The van der Waals surface area contributed by atoms with Crippen LogP contribution in [0.4, 0.5) is 0 Å². The van der Waals surface area contributed by atoms with Gasteiger partial charge >= 0.3 is 0 Å². The molecule has 0 radical (unpaired) electrons. The van der Waals surface area contributed by atoms with E-state index >= 15 is 0 Å². The van der Waals surface area contributed by atoms with Crippen molar-refractivity contribution in [1.82, 2.24) is 15.2 Å². The molecule has 15 heavy (non-hydrogen) atoms.